The molecule has 15 heavy (non-hydrogen) atoms. The van der Waals surface area contributed by atoms with Crippen LogP contribution in [0.2, 0.25) is 0 Å². The summed E-state index contributed by atoms with van der Waals surface area (Å²) in [6, 6.07) is -1.17. The minimum absolute atomic E-state index is 0. The molecule has 0 unspecified atom stereocenters. The molecule has 0 heterocycles. The maximum atomic E-state index is 9.88. The van der Waals surface area contributed by atoms with Gasteiger partial charge in [0.2, 0.25) is 0 Å². The summed E-state index contributed by atoms with van der Waals surface area (Å²) in [5.41, 5.74) is 4.94. The van der Waals surface area contributed by atoms with Crippen LogP contribution in [0.5, 0.6) is 0 Å². The van der Waals surface area contributed by atoms with Gasteiger partial charge in [-0.15, -0.1) is 0 Å². The first-order valence-corrected chi connectivity index (χ1v) is 5.67. The molecule has 0 aliphatic heterocycles. The molecule has 0 rings (SSSR count). The van der Waals surface area contributed by atoms with Crippen molar-refractivity contribution in [2.75, 3.05) is 12.5 Å². The number of hydrogen-bond acceptors (Lipinski definition) is 5. The fourth-order valence-corrected chi connectivity index (χ4v) is 0.397. The van der Waals surface area contributed by atoms with Crippen LogP contribution in [0.1, 0.15) is 12.8 Å². The third-order valence-corrected chi connectivity index (χ3v) is 0.972. The molecule has 0 amide bonds. The van der Waals surface area contributed by atoms with Crippen LogP contribution in [0.4, 0.5) is 0 Å². The number of carbonyl (C=O) groups excluding carboxylic acids is 1. The largest absolute Gasteiger partial charge is 1.00 e. The second-order valence-electron chi connectivity index (χ2n) is 2.60. The van der Waals surface area contributed by atoms with Gasteiger partial charge in [-0.05, 0) is 6.42 Å². The standard InChI is InChI=1S/C5H9NO4.C2H6OS.Na/c6-3(5(9)10)1-2-4(7)8;1-4(2)3;/h3H,1-2,6H2,(H,7,8)(H,9,10);1-2H3;/q;;+1/p-1/t3-;;/m0../s1. The van der Waals surface area contributed by atoms with E-state index < -0.39 is 29.2 Å². The van der Waals surface area contributed by atoms with Gasteiger partial charge in [-0.1, -0.05) is 11.2 Å². The van der Waals surface area contributed by atoms with E-state index in [0.717, 1.165) is 0 Å². The molecule has 84 valence electrons. The van der Waals surface area contributed by atoms with Gasteiger partial charge in [0.15, 0.2) is 0 Å². The van der Waals surface area contributed by atoms with Crippen molar-refractivity contribution in [3.05, 3.63) is 0 Å². The molecule has 0 aromatic rings. The van der Waals surface area contributed by atoms with E-state index in [2.05, 4.69) is 0 Å². The summed E-state index contributed by atoms with van der Waals surface area (Å²) in [4.78, 5) is 19.7. The molecule has 0 saturated heterocycles. The molecular weight excluding hydrogens is 233 g/mol. The van der Waals surface area contributed by atoms with Crippen LogP contribution in [0.3, 0.4) is 0 Å². The van der Waals surface area contributed by atoms with E-state index in [4.69, 9.17) is 10.8 Å². The molecule has 0 radical (unpaired) electrons. The molecule has 0 bridgehead atoms. The molecule has 1 atom stereocenters. The topological polar surface area (TPSA) is 127 Å². The normalized spacial score (nSPS) is 10.7. The quantitative estimate of drug-likeness (QED) is 0.378. The molecule has 0 spiro atoms. The summed E-state index contributed by atoms with van der Waals surface area (Å²) in [5, 5.41) is 18.0. The zero-order valence-electron chi connectivity index (χ0n) is 9.06. The average Bonchev–Trinajstić information content (AvgIpc) is 1.98. The summed E-state index contributed by atoms with van der Waals surface area (Å²) < 4.78 is 9.56. The Morgan fingerprint density at radius 3 is 2.00 bits per heavy atom. The molecular formula is C7H14NNaO5S. The number of carboxylic acids is 2. The van der Waals surface area contributed by atoms with Crippen LogP contribution in [-0.4, -0.2) is 40.2 Å². The average molecular weight is 247 g/mol. The summed E-state index contributed by atoms with van der Waals surface area (Å²) in [7, 11) is 0. The summed E-state index contributed by atoms with van der Waals surface area (Å²) in [6.45, 7) is 0. The van der Waals surface area contributed by atoms with Crippen molar-refractivity contribution in [2.45, 2.75) is 18.9 Å². The van der Waals surface area contributed by atoms with Gasteiger partial charge in [-0.25, -0.2) is 0 Å². The molecule has 0 aromatic heterocycles. The van der Waals surface area contributed by atoms with Crippen molar-refractivity contribution < 1.29 is 53.9 Å². The second kappa shape index (κ2) is 12.3. The Balaban J connectivity index is -0.000000249. The number of carbonyl (C=O) groups is 2. The number of hydrogen-bond donors (Lipinski definition) is 2. The van der Waals surface area contributed by atoms with E-state index in [-0.39, 0.29) is 42.4 Å². The van der Waals surface area contributed by atoms with E-state index >= 15 is 0 Å². The van der Waals surface area contributed by atoms with Crippen LogP contribution in [0.15, 0.2) is 0 Å². The first-order chi connectivity index (χ1) is 6.27. The smallest absolute Gasteiger partial charge is 0.617 e. The summed E-state index contributed by atoms with van der Waals surface area (Å²) in [6.07, 6.45) is 2.95. The van der Waals surface area contributed by atoms with Crippen molar-refractivity contribution in [3.8, 4) is 0 Å². The Morgan fingerprint density at radius 2 is 1.80 bits per heavy atom. The third-order valence-electron chi connectivity index (χ3n) is 0.972. The molecule has 3 N–H and O–H groups in total. The predicted molar refractivity (Wildman–Crippen MR) is 49.8 cm³/mol. The molecule has 0 aliphatic rings. The SMILES string of the molecule is C[S+](C)[O-].N[C@@H](CCC(=O)O)C(=O)[O-].[Na+]. The van der Waals surface area contributed by atoms with Crippen LogP contribution in [0.25, 0.3) is 0 Å². The van der Waals surface area contributed by atoms with E-state index in [1.54, 1.807) is 12.5 Å². The number of rotatable bonds is 4. The molecule has 8 heteroatoms. The Kier molecular flexibility index (Phi) is 16.9. The van der Waals surface area contributed by atoms with Gasteiger partial charge in [-0.3, -0.25) is 4.79 Å². The van der Waals surface area contributed by atoms with Gasteiger partial charge in [0.05, 0.1) is 18.5 Å². The Morgan fingerprint density at radius 1 is 1.47 bits per heavy atom. The zero-order chi connectivity index (χ0) is 11.7. The van der Waals surface area contributed by atoms with Crippen molar-refractivity contribution in [3.63, 3.8) is 0 Å². The molecule has 0 fully saturated rings. The van der Waals surface area contributed by atoms with Gasteiger partial charge >= 0.3 is 35.5 Å². The first kappa shape index (κ1) is 20.6. The molecule has 6 nitrogen and oxygen atoms in total. The Bertz CT molecular complexity index is 187. The Labute approximate surface area is 114 Å². The monoisotopic (exact) mass is 247 g/mol. The zero-order valence-corrected chi connectivity index (χ0v) is 11.9. The van der Waals surface area contributed by atoms with Crippen LogP contribution in [0, 0.1) is 0 Å². The molecule has 0 aliphatic carbocycles. The maximum absolute atomic E-state index is 9.88. The minimum atomic E-state index is -1.42. The third kappa shape index (κ3) is 25.0. The fraction of sp³-hybridized carbons (Fsp3) is 0.714. The van der Waals surface area contributed by atoms with Crippen molar-refractivity contribution >= 4 is 23.1 Å². The van der Waals surface area contributed by atoms with Crippen molar-refractivity contribution in [2.24, 2.45) is 5.73 Å². The maximum Gasteiger partial charge on any atom is 1.00 e. The van der Waals surface area contributed by atoms with Crippen LogP contribution < -0.4 is 40.4 Å². The van der Waals surface area contributed by atoms with E-state index in [0.29, 0.717) is 0 Å². The minimum Gasteiger partial charge on any atom is -0.617 e. The number of carboxylic acid groups (broad SMARTS) is 2. The van der Waals surface area contributed by atoms with E-state index in [9.17, 15) is 19.2 Å². The van der Waals surface area contributed by atoms with Gasteiger partial charge in [0, 0.05) is 12.5 Å². The second-order valence-corrected chi connectivity index (χ2v) is 4.08. The predicted octanol–water partition coefficient (Wildman–Crippen LogP) is -5.07. The number of aliphatic carboxylic acids is 2. The summed E-state index contributed by atoms with van der Waals surface area (Å²) in [5.74, 6) is -2.47. The van der Waals surface area contributed by atoms with Crippen LogP contribution in [-0.2, 0) is 20.8 Å². The summed E-state index contributed by atoms with van der Waals surface area (Å²) >= 11 is -0.611. The fourth-order valence-electron chi connectivity index (χ4n) is 0.397. The van der Waals surface area contributed by atoms with Gasteiger partial charge < -0.3 is 25.3 Å². The van der Waals surface area contributed by atoms with Gasteiger partial charge in [0.25, 0.3) is 0 Å². The van der Waals surface area contributed by atoms with Crippen LogP contribution >= 0.6 is 0 Å². The van der Waals surface area contributed by atoms with Gasteiger partial charge in [0.1, 0.15) is 0 Å². The first-order valence-electron chi connectivity index (χ1n) is 3.70. The van der Waals surface area contributed by atoms with Crippen molar-refractivity contribution in [1.82, 2.24) is 0 Å². The van der Waals surface area contributed by atoms with Gasteiger partial charge in [-0.2, -0.15) is 0 Å². The van der Waals surface area contributed by atoms with Crippen molar-refractivity contribution in [1.29, 1.82) is 0 Å². The number of nitrogens with two attached hydrogens (primary N) is 1. The molecule has 0 saturated carbocycles. The van der Waals surface area contributed by atoms with E-state index in [1.165, 1.54) is 0 Å². The Hall–Kier alpha value is 0.210. The molecule has 0 aromatic carbocycles. The van der Waals surface area contributed by atoms with E-state index in [1.807, 2.05) is 0 Å².